The summed E-state index contributed by atoms with van der Waals surface area (Å²) in [6, 6.07) is 9.27. The third kappa shape index (κ3) is 5.80. The van der Waals surface area contributed by atoms with Gasteiger partial charge in [-0.05, 0) is 42.4 Å². The van der Waals surface area contributed by atoms with Crippen molar-refractivity contribution in [2.24, 2.45) is 11.8 Å². The van der Waals surface area contributed by atoms with Gasteiger partial charge in [0.1, 0.15) is 6.54 Å². The minimum Gasteiger partial charge on any atom is -0.329 e. The lowest BCUT2D eigenvalue weighted by Gasteiger charge is -2.18. The topological polar surface area (TPSA) is 84.5 Å². The van der Waals surface area contributed by atoms with Gasteiger partial charge in [0, 0.05) is 37.1 Å². The fourth-order valence-corrected chi connectivity index (χ4v) is 5.85. The second-order valence-corrected chi connectivity index (χ2v) is 11.4. The van der Waals surface area contributed by atoms with Crippen molar-refractivity contribution in [3.05, 3.63) is 65.7 Å². The van der Waals surface area contributed by atoms with Gasteiger partial charge in [0.15, 0.2) is 11.3 Å². The van der Waals surface area contributed by atoms with Gasteiger partial charge in [0.25, 0.3) is 0 Å². The van der Waals surface area contributed by atoms with Gasteiger partial charge in [0.2, 0.25) is 5.91 Å². The first-order valence-electron chi connectivity index (χ1n) is 14.0. The molecule has 1 saturated heterocycles. The Kier molecular flexibility index (Phi) is 7.80. The maximum absolute atomic E-state index is 13.6. The van der Waals surface area contributed by atoms with Crippen LogP contribution in [0.25, 0.3) is 16.8 Å². The predicted molar refractivity (Wildman–Crippen MR) is 150 cm³/mol. The fourth-order valence-electron chi connectivity index (χ4n) is 5.85. The molecule has 0 saturated carbocycles. The molecule has 1 fully saturated rings. The summed E-state index contributed by atoms with van der Waals surface area (Å²) in [6.45, 7) is 7.48. The van der Waals surface area contributed by atoms with Gasteiger partial charge in [-0.1, -0.05) is 51.5 Å². The van der Waals surface area contributed by atoms with E-state index in [0.717, 1.165) is 24.1 Å². The number of hydrogen-bond acceptors (Lipinski definition) is 4. The Balaban J connectivity index is 1.42. The number of benzene rings is 1. The van der Waals surface area contributed by atoms with E-state index in [2.05, 4.69) is 35.9 Å². The van der Waals surface area contributed by atoms with Crippen LogP contribution >= 0.6 is 0 Å². The third-order valence-electron chi connectivity index (χ3n) is 8.00. The molecular weight excluding hydrogens is 533 g/mol. The first kappa shape index (κ1) is 28.6. The lowest BCUT2D eigenvalue weighted by Crippen LogP contribution is -2.42. The van der Waals surface area contributed by atoms with Crippen molar-refractivity contribution in [1.29, 1.82) is 0 Å². The van der Waals surface area contributed by atoms with E-state index < -0.39 is 18.8 Å². The van der Waals surface area contributed by atoms with Gasteiger partial charge in [-0.25, -0.2) is 14.8 Å². The molecule has 8 nitrogen and oxygen atoms in total. The summed E-state index contributed by atoms with van der Waals surface area (Å²) in [5.41, 5.74) is 4.80. The Hall–Kier alpha value is -3.89. The highest BCUT2D eigenvalue weighted by Crippen LogP contribution is 2.36. The van der Waals surface area contributed by atoms with Gasteiger partial charge in [0.05, 0.1) is 17.6 Å². The second kappa shape index (κ2) is 11.2. The summed E-state index contributed by atoms with van der Waals surface area (Å²) in [6.07, 6.45) is 2.32. The minimum atomic E-state index is -4.47. The molecule has 4 heterocycles. The number of urea groups is 1. The average molecular weight is 569 g/mol. The van der Waals surface area contributed by atoms with Crippen LogP contribution in [0.1, 0.15) is 67.6 Å². The quantitative estimate of drug-likeness (QED) is 0.295. The van der Waals surface area contributed by atoms with Gasteiger partial charge in [-0.3, -0.25) is 13.8 Å². The molecule has 218 valence electrons. The van der Waals surface area contributed by atoms with E-state index in [9.17, 15) is 22.8 Å². The second-order valence-electron chi connectivity index (χ2n) is 11.4. The van der Waals surface area contributed by atoms with Gasteiger partial charge < -0.3 is 10.2 Å². The van der Waals surface area contributed by atoms with Crippen molar-refractivity contribution < 1.29 is 22.8 Å². The van der Waals surface area contributed by atoms with Crippen LogP contribution in [0.3, 0.4) is 0 Å². The maximum atomic E-state index is 13.6. The van der Waals surface area contributed by atoms with Crippen molar-refractivity contribution in [1.82, 2.24) is 29.2 Å². The molecule has 0 bridgehead atoms. The van der Waals surface area contributed by atoms with E-state index in [1.54, 1.807) is 23.2 Å². The molecule has 4 aromatic rings. The SMILES string of the molecule is CCC1CN(C(=O)NCC(F)(F)F)CC1c1cnc2cnc3c(ccn3C(=O)C(C)c3ccc(CC(C)C)cc3)n12. The summed E-state index contributed by atoms with van der Waals surface area (Å²) in [7, 11) is 0. The standard InChI is InChI=1S/C30H35F3N6O2/c1-5-21-15-37(29(41)36-17-30(31,32)33)16-23(21)25-13-34-26-14-35-27-24(39(25)26)10-11-38(27)28(40)19(4)22-8-6-20(7-9-22)12-18(2)3/h6-11,13-14,18-19,21,23H,5,12,15-17H2,1-4H3,(H,36,41). The predicted octanol–water partition coefficient (Wildman–Crippen LogP) is 6.02. The molecule has 2 amide bonds. The summed E-state index contributed by atoms with van der Waals surface area (Å²) in [5, 5.41) is 1.98. The van der Waals surface area contributed by atoms with Crippen LogP contribution in [0.2, 0.25) is 0 Å². The molecule has 0 radical (unpaired) electrons. The highest BCUT2D eigenvalue weighted by atomic mass is 19.4. The van der Waals surface area contributed by atoms with E-state index in [4.69, 9.17) is 0 Å². The molecule has 0 aliphatic carbocycles. The number of carbonyl (C=O) groups is 2. The molecule has 5 rings (SSSR count). The van der Waals surface area contributed by atoms with E-state index in [1.165, 1.54) is 10.5 Å². The first-order valence-corrected chi connectivity index (χ1v) is 14.0. The summed E-state index contributed by atoms with van der Waals surface area (Å²) < 4.78 is 41.5. The molecule has 3 unspecified atom stereocenters. The lowest BCUT2D eigenvalue weighted by molar-refractivity contribution is -0.123. The minimum absolute atomic E-state index is 0.0390. The summed E-state index contributed by atoms with van der Waals surface area (Å²) >= 11 is 0. The smallest absolute Gasteiger partial charge is 0.329 e. The molecule has 3 aromatic heterocycles. The van der Waals surface area contributed by atoms with Crippen molar-refractivity contribution >= 4 is 28.7 Å². The number of nitrogens with zero attached hydrogens (tertiary/aromatic N) is 5. The van der Waals surface area contributed by atoms with Crippen LogP contribution in [0.4, 0.5) is 18.0 Å². The van der Waals surface area contributed by atoms with Gasteiger partial charge >= 0.3 is 12.2 Å². The van der Waals surface area contributed by atoms with Gasteiger partial charge in [-0.2, -0.15) is 13.2 Å². The zero-order valence-corrected chi connectivity index (χ0v) is 23.7. The van der Waals surface area contributed by atoms with Crippen molar-refractivity contribution in [3.63, 3.8) is 0 Å². The third-order valence-corrected chi connectivity index (χ3v) is 8.00. The lowest BCUT2D eigenvalue weighted by atomic mass is 9.91. The highest BCUT2D eigenvalue weighted by Gasteiger charge is 2.38. The zero-order valence-electron chi connectivity index (χ0n) is 23.7. The molecular formula is C30H35F3N6O2. The number of imidazole rings is 1. The Bertz CT molecular complexity index is 1560. The largest absolute Gasteiger partial charge is 0.405 e. The molecule has 3 atom stereocenters. The number of carbonyl (C=O) groups excluding carboxylic acids is 2. The number of amides is 2. The average Bonchev–Trinajstić information content (AvgIpc) is 3.66. The Morgan fingerprint density at radius 3 is 2.44 bits per heavy atom. The number of aromatic nitrogens is 4. The maximum Gasteiger partial charge on any atom is 0.405 e. The van der Waals surface area contributed by atoms with Crippen LogP contribution in [-0.4, -0.2) is 61.6 Å². The zero-order chi connectivity index (χ0) is 29.5. The molecule has 0 spiro atoms. The van der Waals surface area contributed by atoms with Crippen molar-refractivity contribution in [3.8, 4) is 0 Å². The highest BCUT2D eigenvalue weighted by molar-refractivity contribution is 5.93. The van der Waals surface area contributed by atoms with Crippen LogP contribution < -0.4 is 5.32 Å². The molecule has 41 heavy (non-hydrogen) atoms. The molecule has 1 N–H and O–H groups in total. The van der Waals surface area contributed by atoms with Crippen LogP contribution in [0.5, 0.6) is 0 Å². The van der Waals surface area contributed by atoms with Crippen molar-refractivity contribution in [2.45, 2.75) is 58.5 Å². The van der Waals surface area contributed by atoms with Crippen LogP contribution in [-0.2, 0) is 6.42 Å². The Morgan fingerprint density at radius 1 is 1.05 bits per heavy atom. The number of hydrogen-bond donors (Lipinski definition) is 1. The monoisotopic (exact) mass is 568 g/mol. The van der Waals surface area contributed by atoms with Crippen molar-refractivity contribution in [2.75, 3.05) is 19.6 Å². The number of alkyl halides is 3. The number of fused-ring (bicyclic) bond motifs is 3. The molecule has 11 heteroatoms. The number of nitrogens with one attached hydrogen (secondary N) is 1. The van der Waals surface area contributed by atoms with Crippen LogP contribution in [0.15, 0.2) is 48.9 Å². The Labute approximate surface area is 236 Å². The van der Waals surface area contributed by atoms with E-state index >= 15 is 0 Å². The van der Waals surface area contributed by atoms with E-state index in [1.807, 2.05) is 41.8 Å². The fraction of sp³-hybridized carbons (Fsp3) is 0.467. The van der Waals surface area contributed by atoms with E-state index in [-0.39, 0.29) is 30.2 Å². The normalized spacial score (nSPS) is 18.5. The summed E-state index contributed by atoms with van der Waals surface area (Å²) in [4.78, 5) is 36.6. The van der Waals surface area contributed by atoms with Crippen LogP contribution in [0, 0.1) is 11.8 Å². The van der Waals surface area contributed by atoms with E-state index in [0.29, 0.717) is 29.3 Å². The number of rotatable bonds is 7. The van der Waals surface area contributed by atoms with Gasteiger partial charge in [-0.15, -0.1) is 0 Å². The molecule has 1 aliphatic rings. The number of halogens is 3. The molecule has 1 aromatic carbocycles. The first-order chi connectivity index (χ1) is 19.5. The Morgan fingerprint density at radius 2 is 1.78 bits per heavy atom. The number of likely N-dealkylation sites (tertiary alicyclic amines) is 1. The molecule has 1 aliphatic heterocycles. The summed E-state index contributed by atoms with van der Waals surface area (Å²) in [5.74, 6) is -0.0447.